The molecule has 0 aromatic carbocycles. The predicted octanol–water partition coefficient (Wildman–Crippen LogP) is 3.55. The Bertz CT molecular complexity index is 291. The molecule has 0 bridgehead atoms. The fourth-order valence-electron chi connectivity index (χ4n) is 2.14. The Balaban J connectivity index is 2.12. The summed E-state index contributed by atoms with van der Waals surface area (Å²) in [5, 5.41) is 10.1. The van der Waals surface area contributed by atoms with Crippen molar-refractivity contribution in [1.82, 2.24) is 0 Å². The van der Waals surface area contributed by atoms with E-state index in [2.05, 4.69) is 6.92 Å². The normalized spacial score (nSPS) is 23.3. The molecule has 0 radical (unpaired) electrons. The second-order valence-corrected chi connectivity index (χ2v) is 4.88. The maximum atomic E-state index is 11.5. The van der Waals surface area contributed by atoms with Gasteiger partial charge in [0, 0.05) is 0 Å². The second-order valence-electron chi connectivity index (χ2n) is 4.88. The molecular weight excluding hydrogens is 212 g/mol. The predicted molar refractivity (Wildman–Crippen MR) is 70.8 cm³/mol. The van der Waals surface area contributed by atoms with Crippen molar-refractivity contribution < 1.29 is 9.90 Å². The number of ketones is 1. The summed E-state index contributed by atoms with van der Waals surface area (Å²) >= 11 is 0. The van der Waals surface area contributed by atoms with Crippen molar-refractivity contribution >= 4 is 5.78 Å². The Morgan fingerprint density at radius 1 is 1.06 bits per heavy atom. The van der Waals surface area contributed by atoms with Crippen molar-refractivity contribution in [3.8, 4) is 0 Å². The first kappa shape index (κ1) is 14.2. The first-order valence-electron chi connectivity index (χ1n) is 6.82. The van der Waals surface area contributed by atoms with Crippen LogP contribution in [0.3, 0.4) is 0 Å². The lowest BCUT2D eigenvalue weighted by Gasteiger charge is -2.23. The number of carbonyl (C=O) groups excluding carboxylic acids is 1. The summed E-state index contributed by atoms with van der Waals surface area (Å²) in [5.74, 6) is -0.175. The monoisotopic (exact) mass is 236 g/mol. The number of carbonyl (C=O) groups is 1. The van der Waals surface area contributed by atoms with E-state index < -0.39 is 5.60 Å². The fourth-order valence-corrected chi connectivity index (χ4v) is 2.14. The highest BCUT2D eigenvalue weighted by atomic mass is 16.3. The fraction of sp³-hybridized carbons (Fsp3) is 0.667. The Morgan fingerprint density at radius 3 is 2.35 bits per heavy atom. The van der Waals surface area contributed by atoms with Crippen LogP contribution in [0.4, 0.5) is 0 Å². The van der Waals surface area contributed by atoms with Gasteiger partial charge >= 0.3 is 0 Å². The van der Waals surface area contributed by atoms with E-state index in [1.807, 2.05) is 0 Å². The molecule has 0 heterocycles. The van der Waals surface area contributed by atoms with E-state index in [1.54, 1.807) is 18.2 Å². The van der Waals surface area contributed by atoms with Crippen LogP contribution >= 0.6 is 0 Å². The maximum absolute atomic E-state index is 11.5. The largest absolute Gasteiger partial charge is 0.378 e. The lowest BCUT2D eigenvalue weighted by Crippen LogP contribution is -2.36. The van der Waals surface area contributed by atoms with E-state index in [0.717, 1.165) is 12.8 Å². The molecule has 0 aromatic heterocycles. The van der Waals surface area contributed by atoms with Gasteiger partial charge in [0.1, 0.15) is 5.60 Å². The van der Waals surface area contributed by atoms with E-state index in [4.69, 9.17) is 0 Å². The third-order valence-electron chi connectivity index (χ3n) is 3.32. The number of rotatable bonds is 8. The zero-order chi connectivity index (χ0) is 12.6. The molecule has 96 valence electrons. The number of aliphatic hydroxyl groups is 1. The molecule has 17 heavy (non-hydrogen) atoms. The molecule has 0 saturated carbocycles. The van der Waals surface area contributed by atoms with Crippen LogP contribution in [0.25, 0.3) is 0 Å². The Hall–Kier alpha value is -0.890. The Labute approximate surface area is 104 Å². The van der Waals surface area contributed by atoms with E-state index in [-0.39, 0.29) is 5.78 Å². The van der Waals surface area contributed by atoms with E-state index in [9.17, 15) is 9.90 Å². The average molecular weight is 236 g/mol. The van der Waals surface area contributed by atoms with Crippen LogP contribution in [0, 0.1) is 0 Å². The minimum absolute atomic E-state index is 0.175. The van der Waals surface area contributed by atoms with Gasteiger partial charge in [0.2, 0.25) is 0 Å². The summed E-state index contributed by atoms with van der Waals surface area (Å²) in [5.41, 5.74) is -1.22. The molecule has 2 nitrogen and oxygen atoms in total. The van der Waals surface area contributed by atoms with Gasteiger partial charge in [0.25, 0.3) is 0 Å². The summed E-state index contributed by atoms with van der Waals surface area (Å²) in [7, 11) is 0. The van der Waals surface area contributed by atoms with Crippen LogP contribution in [0.1, 0.15) is 58.3 Å². The molecule has 1 unspecified atom stereocenters. The third kappa shape index (κ3) is 4.86. The first-order chi connectivity index (χ1) is 8.19. The zero-order valence-corrected chi connectivity index (χ0v) is 10.8. The minimum atomic E-state index is -1.22. The number of hydrogen-bond acceptors (Lipinski definition) is 2. The van der Waals surface area contributed by atoms with Gasteiger partial charge in [-0.05, 0) is 25.0 Å². The summed E-state index contributed by atoms with van der Waals surface area (Å²) in [6.45, 7) is 2.21. The standard InChI is InChI=1S/C15H24O2/c1-2-3-4-5-6-7-9-12-15(17)13-10-8-11-14(15)16/h8,10-11,13,17H,2-7,9,12H2,1H3. The van der Waals surface area contributed by atoms with Crippen molar-refractivity contribution in [2.75, 3.05) is 0 Å². The number of unbranched alkanes of at least 4 members (excludes halogenated alkanes) is 6. The highest BCUT2D eigenvalue weighted by molar-refractivity contribution is 5.99. The number of hydrogen-bond donors (Lipinski definition) is 1. The van der Waals surface area contributed by atoms with E-state index in [0.29, 0.717) is 6.42 Å². The summed E-state index contributed by atoms with van der Waals surface area (Å²) in [6, 6.07) is 0. The third-order valence-corrected chi connectivity index (χ3v) is 3.32. The Morgan fingerprint density at radius 2 is 1.71 bits per heavy atom. The Kier molecular flexibility index (Phi) is 6.20. The summed E-state index contributed by atoms with van der Waals surface area (Å²) < 4.78 is 0. The molecule has 0 aromatic rings. The molecule has 0 saturated heterocycles. The quantitative estimate of drug-likeness (QED) is 0.654. The molecule has 0 fully saturated rings. The van der Waals surface area contributed by atoms with Gasteiger partial charge in [-0.15, -0.1) is 0 Å². The summed E-state index contributed by atoms with van der Waals surface area (Å²) in [4.78, 5) is 11.5. The summed E-state index contributed by atoms with van der Waals surface area (Å²) in [6.07, 6.45) is 15.5. The van der Waals surface area contributed by atoms with Gasteiger partial charge < -0.3 is 5.11 Å². The lowest BCUT2D eigenvalue weighted by atomic mass is 9.88. The highest BCUT2D eigenvalue weighted by Crippen LogP contribution is 2.22. The van der Waals surface area contributed by atoms with Crippen LogP contribution in [-0.2, 0) is 4.79 Å². The van der Waals surface area contributed by atoms with Gasteiger partial charge in [-0.2, -0.15) is 0 Å². The SMILES string of the molecule is CCCCCCCCCC1(O)C=CC=CC1=O. The minimum Gasteiger partial charge on any atom is -0.378 e. The molecule has 0 aliphatic heterocycles. The number of allylic oxidation sites excluding steroid dienone is 2. The van der Waals surface area contributed by atoms with Crippen LogP contribution in [-0.4, -0.2) is 16.5 Å². The van der Waals surface area contributed by atoms with Gasteiger partial charge in [-0.1, -0.05) is 57.6 Å². The molecular formula is C15H24O2. The molecule has 0 spiro atoms. The molecule has 1 rings (SSSR count). The molecule has 1 N–H and O–H groups in total. The van der Waals surface area contributed by atoms with Gasteiger partial charge in [0.05, 0.1) is 0 Å². The van der Waals surface area contributed by atoms with Crippen LogP contribution in [0.15, 0.2) is 24.3 Å². The smallest absolute Gasteiger partial charge is 0.191 e. The van der Waals surface area contributed by atoms with Crippen molar-refractivity contribution in [2.45, 2.75) is 63.9 Å². The first-order valence-corrected chi connectivity index (χ1v) is 6.82. The highest BCUT2D eigenvalue weighted by Gasteiger charge is 2.31. The van der Waals surface area contributed by atoms with Crippen LogP contribution < -0.4 is 0 Å². The zero-order valence-electron chi connectivity index (χ0n) is 10.8. The van der Waals surface area contributed by atoms with Crippen molar-refractivity contribution in [3.05, 3.63) is 24.3 Å². The van der Waals surface area contributed by atoms with Crippen LogP contribution in [0.2, 0.25) is 0 Å². The lowest BCUT2D eigenvalue weighted by molar-refractivity contribution is -0.128. The topological polar surface area (TPSA) is 37.3 Å². The van der Waals surface area contributed by atoms with Gasteiger partial charge in [0.15, 0.2) is 5.78 Å². The van der Waals surface area contributed by atoms with Crippen LogP contribution in [0.5, 0.6) is 0 Å². The van der Waals surface area contributed by atoms with Crippen molar-refractivity contribution in [3.63, 3.8) is 0 Å². The van der Waals surface area contributed by atoms with E-state index in [1.165, 1.54) is 38.2 Å². The molecule has 1 atom stereocenters. The van der Waals surface area contributed by atoms with E-state index >= 15 is 0 Å². The molecule has 0 amide bonds. The van der Waals surface area contributed by atoms with Crippen molar-refractivity contribution in [1.29, 1.82) is 0 Å². The molecule has 2 heteroatoms. The van der Waals surface area contributed by atoms with Gasteiger partial charge in [-0.25, -0.2) is 0 Å². The molecule has 1 aliphatic carbocycles. The maximum Gasteiger partial charge on any atom is 0.191 e. The van der Waals surface area contributed by atoms with Crippen molar-refractivity contribution in [2.24, 2.45) is 0 Å². The van der Waals surface area contributed by atoms with Gasteiger partial charge in [-0.3, -0.25) is 4.79 Å². The average Bonchev–Trinajstić information content (AvgIpc) is 2.32. The molecule has 1 aliphatic rings. The second kappa shape index (κ2) is 7.44.